The SMILES string of the molecule is Cc1ccc(OC(C)C(=O)NCc2cccc3ccccc23)cc1C. The molecule has 0 aliphatic heterocycles. The summed E-state index contributed by atoms with van der Waals surface area (Å²) in [5.41, 5.74) is 3.46. The standard InChI is InChI=1S/C22H23NO2/c1-15-11-12-20(13-16(15)2)25-17(3)22(24)23-14-19-9-6-8-18-7-4-5-10-21(18)19/h4-13,17H,14H2,1-3H3,(H,23,24). The molecular formula is C22H23NO2. The molecule has 1 amide bonds. The Morgan fingerprint density at radius 2 is 1.76 bits per heavy atom. The third kappa shape index (κ3) is 4.00. The van der Waals surface area contributed by atoms with Gasteiger partial charge in [-0.3, -0.25) is 4.79 Å². The fraction of sp³-hybridized carbons (Fsp3) is 0.227. The van der Waals surface area contributed by atoms with E-state index in [0.717, 1.165) is 22.3 Å². The Labute approximate surface area is 148 Å². The van der Waals surface area contributed by atoms with E-state index >= 15 is 0 Å². The van der Waals surface area contributed by atoms with Crippen molar-refractivity contribution in [1.82, 2.24) is 5.32 Å². The number of rotatable bonds is 5. The van der Waals surface area contributed by atoms with Crippen molar-refractivity contribution >= 4 is 16.7 Å². The summed E-state index contributed by atoms with van der Waals surface area (Å²) in [6.07, 6.45) is -0.544. The maximum Gasteiger partial charge on any atom is 0.261 e. The van der Waals surface area contributed by atoms with Gasteiger partial charge in [0.15, 0.2) is 6.10 Å². The maximum atomic E-state index is 12.4. The van der Waals surface area contributed by atoms with E-state index in [1.165, 1.54) is 10.9 Å². The molecule has 1 unspecified atom stereocenters. The van der Waals surface area contributed by atoms with Gasteiger partial charge in [0.1, 0.15) is 5.75 Å². The van der Waals surface area contributed by atoms with Crippen LogP contribution >= 0.6 is 0 Å². The first-order valence-corrected chi connectivity index (χ1v) is 8.53. The van der Waals surface area contributed by atoms with Crippen molar-refractivity contribution in [3.05, 3.63) is 77.4 Å². The molecule has 3 heteroatoms. The van der Waals surface area contributed by atoms with E-state index in [1.54, 1.807) is 6.92 Å². The number of hydrogen-bond acceptors (Lipinski definition) is 2. The zero-order valence-corrected chi connectivity index (χ0v) is 14.9. The summed E-state index contributed by atoms with van der Waals surface area (Å²) in [5.74, 6) is 0.599. The molecule has 0 spiro atoms. The van der Waals surface area contributed by atoms with E-state index < -0.39 is 6.10 Å². The van der Waals surface area contributed by atoms with Gasteiger partial charge in [0.2, 0.25) is 0 Å². The van der Waals surface area contributed by atoms with Gasteiger partial charge in [-0.05, 0) is 60.4 Å². The molecule has 3 rings (SSSR count). The number of nitrogens with one attached hydrogen (secondary N) is 1. The topological polar surface area (TPSA) is 38.3 Å². The smallest absolute Gasteiger partial charge is 0.261 e. The Balaban J connectivity index is 1.64. The number of aryl methyl sites for hydroxylation is 2. The van der Waals surface area contributed by atoms with Crippen molar-refractivity contribution in [3.8, 4) is 5.75 Å². The van der Waals surface area contributed by atoms with Crippen LogP contribution in [0, 0.1) is 13.8 Å². The van der Waals surface area contributed by atoms with Crippen LogP contribution in [0.5, 0.6) is 5.75 Å². The van der Waals surface area contributed by atoms with Crippen molar-refractivity contribution in [3.63, 3.8) is 0 Å². The second-order valence-electron chi connectivity index (χ2n) is 6.36. The number of fused-ring (bicyclic) bond motifs is 1. The van der Waals surface area contributed by atoms with Crippen LogP contribution in [0.2, 0.25) is 0 Å². The highest BCUT2D eigenvalue weighted by Crippen LogP contribution is 2.19. The van der Waals surface area contributed by atoms with Crippen LogP contribution in [0.4, 0.5) is 0 Å². The lowest BCUT2D eigenvalue weighted by molar-refractivity contribution is -0.127. The summed E-state index contributed by atoms with van der Waals surface area (Å²) in [5, 5.41) is 5.31. The molecule has 0 bridgehead atoms. The van der Waals surface area contributed by atoms with Crippen molar-refractivity contribution < 1.29 is 9.53 Å². The van der Waals surface area contributed by atoms with Crippen LogP contribution in [0.3, 0.4) is 0 Å². The van der Waals surface area contributed by atoms with Gasteiger partial charge in [0.05, 0.1) is 0 Å². The van der Waals surface area contributed by atoms with E-state index in [0.29, 0.717) is 6.54 Å². The zero-order valence-electron chi connectivity index (χ0n) is 14.9. The predicted molar refractivity (Wildman–Crippen MR) is 102 cm³/mol. The molecule has 0 heterocycles. The minimum atomic E-state index is -0.544. The van der Waals surface area contributed by atoms with Crippen molar-refractivity contribution in [2.75, 3.05) is 0 Å². The molecule has 0 radical (unpaired) electrons. The molecule has 25 heavy (non-hydrogen) atoms. The lowest BCUT2D eigenvalue weighted by atomic mass is 10.0. The summed E-state index contributed by atoms with van der Waals surface area (Å²) in [4.78, 5) is 12.4. The first kappa shape index (κ1) is 17.0. The molecule has 0 saturated heterocycles. The molecule has 0 aromatic heterocycles. The fourth-order valence-electron chi connectivity index (χ4n) is 2.82. The lowest BCUT2D eigenvalue weighted by Gasteiger charge is -2.16. The zero-order chi connectivity index (χ0) is 17.8. The lowest BCUT2D eigenvalue weighted by Crippen LogP contribution is -2.35. The van der Waals surface area contributed by atoms with Gasteiger partial charge in [-0.2, -0.15) is 0 Å². The van der Waals surface area contributed by atoms with E-state index in [1.807, 2.05) is 49.4 Å². The number of carbonyl (C=O) groups excluding carboxylic acids is 1. The van der Waals surface area contributed by atoms with Gasteiger partial charge in [-0.25, -0.2) is 0 Å². The Morgan fingerprint density at radius 1 is 1.00 bits per heavy atom. The number of ether oxygens (including phenoxy) is 1. The van der Waals surface area contributed by atoms with Gasteiger partial charge in [0.25, 0.3) is 5.91 Å². The highest BCUT2D eigenvalue weighted by Gasteiger charge is 2.15. The highest BCUT2D eigenvalue weighted by atomic mass is 16.5. The third-order valence-corrected chi connectivity index (χ3v) is 4.49. The molecule has 0 fully saturated rings. The van der Waals surface area contributed by atoms with E-state index in [4.69, 9.17) is 4.74 Å². The van der Waals surface area contributed by atoms with Crippen LogP contribution in [-0.4, -0.2) is 12.0 Å². The number of hydrogen-bond donors (Lipinski definition) is 1. The summed E-state index contributed by atoms with van der Waals surface area (Å²) in [6, 6.07) is 20.2. The molecule has 0 saturated carbocycles. The summed E-state index contributed by atoms with van der Waals surface area (Å²) in [6.45, 7) is 6.35. The summed E-state index contributed by atoms with van der Waals surface area (Å²) in [7, 11) is 0. The molecule has 1 atom stereocenters. The molecule has 0 aliphatic carbocycles. The monoisotopic (exact) mass is 333 g/mol. The van der Waals surface area contributed by atoms with Crippen LogP contribution < -0.4 is 10.1 Å². The number of carbonyl (C=O) groups is 1. The van der Waals surface area contributed by atoms with Crippen LogP contribution in [-0.2, 0) is 11.3 Å². The predicted octanol–water partition coefficient (Wildman–Crippen LogP) is 4.54. The van der Waals surface area contributed by atoms with E-state index in [9.17, 15) is 4.79 Å². The van der Waals surface area contributed by atoms with Gasteiger partial charge in [-0.15, -0.1) is 0 Å². The molecule has 0 aliphatic rings. The second-order valence-corrected chi connectivity index (χ2v) is 6.36. The van der Waals surface area contributed by atoms with Gasteiger partial charge >= 0.3 is 0 Å². The quantitative estimate of drug-likeness (QED) is 0.744. The van der Waals surface area contributed by atoms with Gasteiger partial charge < -0.3 is 10.1 Å². The van der Waals surface area contributed by atoms with Crippen molar-refractivity contribution in [2.24, 2.45) is 0 Å². The normalized spacial score (nSPS) is 12.0. The second kappa shape index (κ2) is 7.39. The molecular weight excluding hydrogens is 310 g/mol. The first-order valence-electron chi connectivity index (χ1n) is 8.53. The average molecular weight is 333 g/mol. The summed E-state index contributed by atoms with van der Waals surface area (Å²) < 4.78 is 5.78. The molecule has 3 aromatic rings. The van der Waals surface area contributed by atoms with Crippen molar-refractivity contribution in [2.45, 2.75) is 33.4 Å². The van der Waals surface area contributed by atoms with E-state index in [2.05, 4.69) is 30.4 Å². The highest BCUT2D eigenvalue weighted by molar-refractivity contribution is 5.86. The van der Waals surface area contributed by atoms with Crippen molar-refractivity contribution in [1.29, 1.82) is 0 Å². The van der Waals surface area contributed by atoms with Crippen LogP contribution in [0.1, 0.15) is 23.6 Å². The van der Waals surface area contributed by atoms with Crippen LogP contribution in [0.15, 0.2) is 60.7 Å². The number of benzene rings is 3. The Hall–Kier alpha value is -2.81. The van der Waals surface area contributed by atoms with Crippen LogP contribution in [0.25, 0.3) is 10.8 Å². The average Bonchev–Trinajstić information content (AvgIpc) is 2.62. The molecule has 128 valence electrons. The minimum Gasteiger partial charge on any atom is -0.481 e. The Kier molecular flexibility index (Phi) is 5.03. The molecule has 3 nitrogen and oxygen atoms in total. The van der Waals surface area contributed by atoms with Gasteiger partial charge in [-0.1, -0.05) is 48.5 Å². The largest absolute Gasteiger partial charge is 0.481 e. The molecule has 3 aromatic carbocycles. The first-order chi connectivity index (χ1) is 12.0. The summed E-state index contributed by atoms with van der Waals surface area (Å²) >= 11 is 0. The minimum absolute atomic E-state index is 0.119. The Bertz CT molecular complexity index is 896. The Morgan fingerprint density at radius 3 is 2.56 bits per heavy atom. The number of amides is 1. The maximum absolute atomic E-state index is 12.4. The fourth-order valence-corrected chi connectivity index (χ4v) is 2.82. The van der Waals surface area contributed by atoms with E-state index in [-0.39, 0.29) is 5.91 Å². The third-order valence-electron chi connectivity index (χ3n) is 4.49. The molecule has 1 N–H and O–H groups in total. The van der Waals surface area contributed by atoms with Gasteiger partial charge in [0, 0.05) is 6.54 Å².